The summed E-state index contributed by atoms with van der Waals surface area (Å²) >= 11 is 6.13. The van der Waals surface area contributed by atoms with E-state index in [-0.39, 0.29) is 36.5 Å². The van der Waals surface area contributed by atoms with E-state index in [4.69, 9.17) is 16.3 Å². The summed E-state index contributed by atoms with van der Waals surface area (Å²) in [6.45, 7) is 2.38. The van der Waals surface area contributed by atoms with E-state index in [0.717, 1.165) is 5.56 Å². The lowest BCUT2D eigenvalue weighted by atomic mass is 10.1. The van der Waals surface area contributed by atoms with Crippen molar-refractivity contribution in [2.75, 3.05) is 29.6 Å². The minimum Gasteiger partial charge on any atom is -0.494 e. The van der Waals surface area contributed by atoms with Gasteiger partial charge in [-0.05, 0) is 42.8 Å². The molecule has 3 amide bonds. The van der Waals surface area contributed by atoms with Gasteiger partial charge in [0.05, 0.1) is 30.2 Å². The number of ether oxygens (including phenoxy) is 1. The molecule has 1 N–H and O–H groups in total. The Morgan fingerprint density at radius 3 is 2.50 bits per heavy atom. The third-order valence-corrected chi connectivity index (χ3v) is 7.72. The van der Waals surface area contributed by atoms with E-state index in [1.807, 2.05) is 13.0 Å². The summed E-state index contributed by atoms with van der Waals surface area (Å²) in [5, 5.41) is 3.30. The highest BCUT2D eigenvalue weighted by atomic mass is 35.5. The number of fused-ring (bicyclic) bond motifs is 1. The van der Waals surface area contributed by atoms with Crippen LogP contribution in [0.5, 0.6) is 5.75 Å². The number of nitrogens with one attached hydrogen (secondary N) is 1. The number of sulfone groups is 1. The number of halogens is 1. The van der Waals surface area contributed by atoms with Gasteiger partial charge in [0.2, 0.25) is 5.91 Å². The largest absolute Gasteiger partial charge is 0.494 e. The predicted octanol–water partition coefficient (Wildman–Crippen LogP) is 2.46. The van der Waals surface area contributed by atoms with Crippen molar-refractivity contribution in [1.29, 1.82) is 0 Å². The molecule has 0 spiro atoms. The molecule has 0 aliphatic carbocycles. The number of nitrogens with zero attached hydrogens (tertiary/aromatic N) is 2. The number of amides is 3. The van der Waals surface area contributed by atoms with E-state index in [0.29, 0.717) is 23.1 Å². The minimum absolute atomic E-state index is 0.131. The first kappa shape index (κ1) is 22.4. The van der Waals surface area contributed by atoms with Crippen LogP contribution in [-0.4, -0.2) is 62.0 Å². The smallest absolute Gasteiger partial charge is 0.325 e. The molecule has 0 saturated carbocycles. The summed E-state index contributed by atoms with van der Waals surface area (Å²) < 4.78 is 30.1. The van der Waals surface area contributed by atoms with Gasteiger partial charge in [0.25, 0.3) is 0 Å². The fourth-order valence-electron chi connectivity index (χ4n) is 4.18. The monoisotopic (exact) mass is 477 g/mol. The number of anilines is 1. The third kappa shape index (κ3) is 4.54. The lowest BCUT2D eigenvalue weighted by Crippen LogP contribution is -2.44. The van der Waals surface area contributed by atoms with Gasteiger partial charge in [-0.15, -0.1) is 0 Å². The van der Waals surface area contributed by atoms with Crippen LogP contribution >= 0.6 is 11.6 Å². The zero-order valence-electron chi connectivity index (χ0n) is 17.5. The van der Waals surface area contributed by atoms with Crippen molar-refractivity contribution < 1.29 is 22.7 Å². The molecule has 2 aromatic carbocycles. The predicted molar refractivity (Wildman–Crippen MR) is 122 cm³/mol. The average Bonchev–Trinajstić information content (AvgIpc) is 3.18. The maximum atomic E-state index is 13.2. The van der Waals surface area contributed by atoms with Crippen LogP contribution in [-0.2, 0) is 21.2 Å². The van der Waals surface area contributed by atoms with Crippen LogP contribution in [0.4, 0.5) is 10.5 Å². The second-order valence-corrected chi connectivity index (χ2v) is 10.3. The van der Waals surface area contributed by atoms with Crippen molar-refractivity contribution in [2.45, 2.75) is 25.6 Å². The highest BCUT2D eigenvalue weighted by Crippen LogP contribution is 2.35. The standard InChI is InChI=1S/C22H24ClN3O5S/c1-2-31-17-9-7-16(8-10-17)26-20-14-32(29,30)13-19(20)25(22(26)28)12-21(27)24-11-15-5-3-4-6-18(15)23/h3-10,19-20H,2,11-14H2,1H3,(H,24,27)/t19-,20+/m1/s1. The number of hydrogen-bond donors (Lipinski definition) is 1. The molecule has 8 nitrogen and oxygen atoms in total. The topological polar surface area (TPSA) is 96.0 Å². The van der Waals surface area contributed by atoms with E-state index >= 15 is 0 Å². The molecule has 2 saturated heterocycles. The number of benzene rings is 2. The van der Waals surface area contributed by atoms with Crippen LogP contribution in [0, 0.1) is 0 Å². The summed E-state index contributed by atoms with van der Waals surface area (Å²) in [5.74, 6) is -0.00697. The molecule has 0 unspecified atom stereocenters. The third-order valence-electron chi connectivity index (χ3n) is 5.65. The van der Waals surface area contributed by atoms with Crippen molar-refractivity contribution in [3.63, 3.8) is 0 Å². The van der Waals surface area contributed by atoms with Crippen molar-refractivity contribution in [3.05, 3.63) is 59.1 Å². The lowest BCUT2D eigenvalue weighted by molar-refractivity contribution is -0.122. The van der Waals surface area contributed by atoms with Gasteiger partial charge in [-0.2, -0.15) is 0 Å². The maximum Gasteiger partial charge on any atom is 0.325 e. The van der Waals surface area contributed by atoms with E-state index in [2.05, 4.69) is 5.32 Å². The van der Waals surface area contributed by atoms with E-state index in [9.17, 15) is 18.0 Å². The second kappa shape index (κ2) is 8.99. The van der Waals surface area contributed by atoms with Crippen LogP contribution in [0.25, 0.3) is 0 Å². The van der Waals surface area contributed by atoms with Gasteiger partial charge in [0.15, 0.2) is 9.84 Å². The fraction of sp³-hybridized carbons (Fsp3) is 0.364. The second-order valence-electron chi connectivity index (χ2n) is 7.79. The van der Waals surface area contributed by atoms with Crippen LogP contribution in [0.2, 0.25) is 5.02 Å². The summed E-state index contributed by atoms with van der Waals surface area (Å²) in [4.78, 5) is 28.7. The molecule has 10 heteroatoms. The summed E-state index contributed by atoms with van der Waals surface area (Å²) in [7, 11) is -3.33. The molecule has 32 heavy (non-hydrogen) atoms. The number of rotatable bonds is 7. The molecular weight excluding hydrogens is 454 g/mol. The van der Waals surface area contributed by atoms with Gasteiger partial charge < -0.3 is 15.0 Å². The van der Waals surface area contributed by atoms with Crippen molar-refractivity contribution >= 4 is 39.1 Å². The summed E-state index contributed by atoms with van der Waals surface area (Å²) in [6.07, 6.45) is 0. The van der Waals surface area contributed by atoms with Crippen molar-refractivity contribution in [1.82, 2.24) is 10.2 Å². The zero-order valence-corrected chi connectivity index (χ0v) is 19.1. The van der Waals surface area contributed by atoms with Crippen molar-refractivity contribution in [2.24, 2.45) is 0 Å². The number of hydrogen-bond acceptors (Lipinski definition) is 5. The molecule has 2 fully saturated rings. The van der Waals surface area contributed by atoms with E-state index in [1.54, 1.807) is 42.5 Å². The Bertz CT molecular complexity index is 1120. The zero-order chi connectivity index (χ0) is 22.9. The fourth-order valence-corrected chi connectivity index (χ4v) is 6.33. The van der Waals surface area contributed by atoms with Crippen LogP contribution in [0.15, 0.2) is 48.5 Å². The molecule has 2 atom stereocenters. The van der Waals surface area contributed by atoms with Gasteiger partial charge >= 0.3 is 6.03 Å². The summed E-state index contributed by atoms with van der Waals surface area (Å²) in [5.41, 5.74) is 1.33. The quantitative estimate of drug-likeness (QED) is 0.618. The highest BCUT2D eigenvalue weighted by molar-refractivity contribution is 7.91. The van der Waals surface area contributed by atoms with Crippen LogP contribution < -0.4 is 15.0 Å². The lowest BCUT2D eigenvalue weighted by Gasteiger charge is -2.22. The van der Waals surface area contributed by atoms with Crippen LogP contribution in [0.3, 0.4) is 0 Å². The van der Waals surface area contributed by atoms with Crippen molar-refractivity contribution in [3.8, 4) is 5.75 Å². The van der Waals surface area contributed by atoms with E-state index < -0.39 is 21.9 Å². The van der Waals surface area contributed by atoms with Gasteiger partial charge in [0, 0.05) is 17.3 Å². The van der Waals surface area contributed by atoms with Gasteiger partial charge in [-0.3, -0.25) is 9.69 Å². The first-order valence-corrected chi connectivity index (χ1v) is 12.5. The Hall–Kier alpha value is -2.78. The SMILES string of the molecule is CCOc1ccc(N2C(=O)N(CC(=O)NCc3ccccc3Cl)[C@@H]3CS(=O)(=O)C[C@@H]32)cc1. The van der Waals surface area contributed by atoms with Gasteiger partial charge in [-0.25, -0.2) is 13.2 Å². The Balaban J connectivity index is 1.51. The highest BCUT2D eigenvalue weighted by Gasteiger charge is 2.54. The van der Waals surface area contributed by atoms with Gasteiger partial charge in [-0.1, -0.05) is 29.8 Å². The molecule has 4 rings (SSSR count). The maximum absolute atomic E-state index is 13.2. The summed E-state index contributed by atoms with van der Waals surface area (Å²) in [6, 6.07) is 12.6. The Labute approximate surface area is 192 Å². The Morgan fingerprint density at radius 1 is 1.12 bits per heavy atom. The number of urea groups is 1. The Morgan fingerprint density at radius 2 is 1.81 bits per heavy atom. The molecule has 2 aliphatic rings. The molecule has 0 bridgehead atoms. The van der Waals surface area contributed by atoms with Crippen LogP contribution in [0.1, 0.15) is 12.5 Å². The number of carbonyl (C=O) groups is 2. The molecule has 2 aliphatic heterocycles. The molecule has 170 valence electrons. The molecule has 2 aromatic rings. The Kier molecular flexibility index (Phi) is 6.30. The first-order valence-electron chi connectivity index (χ1n) is 10.3. The normalized spacial score (nSPS) is 21.5. The van der Waals surface area contributed by atoms with E-state index in [1.165, 1.54) is 9.80 Å². The number of carbonyl (C=O) groups excluding carboxylic acids is 2. The molecule has 2 heterocycles. The molecular formula is C22H24ClN3O5S. The average molecular weight is 478 g/mol. The molecule has 0 radical (unpaired) electrons. The van der Waals surface area contributed by atoms with Gasteiger partial charge in [0.1, 0.15) is 12.3 Å². The molecule has 0 aromatic heterocycles. The minimum atomic E-state index is -3.33. The first-order chi connectivity index (χ1) is 15.3.